The number of hydrogen-bond acceptors (Lipinski definition) is 2. The molecule has 0 aliphatic heterocycles. The zero-order chi connectivity index (χ0) is 13.0. The molecule has 1 aromatic carbocycles. The number of amides is 1. The second kappa shape index (κ2) is 5.69. The maximum Gasteiger partial charge on any atom is 0.333 e. The fourth-order valence-electron chi connectivity index (χ4n) is 1.73. The Kier molecular flexibility index (Phi) is 3.99. The topological polar surface area (TPSA) is 38.1 Å². The lowest BCUT2D eigenvalue weighted by molar-refractivity contribution is 0.247. The molecule has 4 nitrogen and oxygen atoms in total. The summed E-state index contributed by atoms with van der Waals surface area (Å²) in [4.78, 5) is 17.9. The third-order valence-corrected chi connectivity index (χ3v) is 2.87. The Bertz CT molecular complexity index is 525. The van der Waals surface area contributed by atoms with Gasteiger partial charge in [-0.1, -0.05) is 30.7 Å². The average molecular weight is 264 g/mol. The van der Waals surface area contributed by atoms with Crippen LogP contribution in [0.2, 0.25) is 5.02 Å². The van der Waals surface area contributed by atoms with Gasteiger partial charge < -0.3 is 0 Å². The smallest absolute Gasteiger partial charge is 0.292 e. The van der Waals surface area contributed by atoms with Gasteiger partial charge in [-0.25, -0.2) is 9.78 Å². The molecule has 0 unspecified atom stereocenters. The largest absolute Gasteiger partial charge is 0.333 e. The number of halogens is 1. The summed E-state index contributed by atoms with van der Waals surface area (Å²) in [5.41, 5.74) is 0.722. The van der Waals surface area contributed by atoms with E-state index in [-0.39, 0.29) is 6.03 Å². The number of carbonyl (C=O) groups excluding carboxylic acids is 1. The van der Waals surface area contributed by atoms with Crippen LogP contribution < -0.4 is 4.90 Å². The van der Waals surface area contributed by atoms with Crippen LogP contribution in [0.25, 0.3) is 0 Å². The standard InChI is InChI=1S/C13H14ClN3O/c1-2-8-17(12-6-4-3-5-11(12)14)13(18)16-9-7-15-10-16/h3-7,9-10H,2,8H2,1H3. The van der Waals surface area contributed by atoms with E-state index in [1.165, 1.54) is 10.9 Å². The van der Waals surface area contributed by atoms with Gasteiger partial charge in [-0.05, 0) is 18.6 Å². The van der Waals surface area contributed by atoms with Crippen molar-refractivity contribution < 1.29 is 4.79 Å². The Balaban J connectivity index is 2.34. The maximum atomic E-state index is 12.3. The van der Waals surface area contributed by atoms with Gasteiger partial charge in [0.05, 0.1) is 10.7 Å². The normalized spacial score (nSPS) is 10.3. The van der Waals surface area contributed by atoms with Crippen LogP contribution in [-0.2, 0) is 0 Å². The lowest BCUT2D eigenvalue weighted by atomic mass is 10.3. The third kappa shape index (κ3) is 2.54. The van der Waals surface area contributed by atoms with E-state index < -0.39 is 0 Å². The van der Waals surface area contributed by atoms with Crippen LogP contribution in [0, 0.1) is 0 Å². The fraction of sp³-hybridized carbons (Fsp3) is 0.231. The molecule has 1 heterocycles. The highest BCUT2D eigenvalue weighted by molar-refractivity contribution is 6.33. The van der Waals surface area contributed by atoms with Crippen LogP contribution in [-0.4, -0.2) is 22.1 Å². The molecule has 0 saturated heterocycles. The number of nitrogens with zero attached hydrogens (tertiary/aromatic N) is 3. The second-order valence-electron chi connectivity index (χ2n) is 3.86. The molecule has 0 saturated carbocycles. The number of carbonyl (C=O) groups is 1. The van der Waals surface area contributed by atoms with Crippen molar-refractivity contribution in [3.8, 4) is 0 Å². The molecule has 18 heavy (non-hydrogen) atoms. The van der Waals surface area contributed by atoms with Crippen LogP contribution in [0.5, 0.6) is 0 Å². The van der Waals surface area contributed by atoms with Gasteiger partial charge in [0.25, 0.3) is 0 Å². The molecule has 94 valence electrons. The Morgan fingerprint density at radius 1 is 1.44 bits per heavy atom. The first-order valence-electron chi connectivity index (χ1n) is 5.78. The van der Waals surface area contributed by atoms with Gasteiger partial charge in [-0.3, -0.25) is 9.47 Å². The number of rotatable bonds is 3. The molecule has 0 radical (unpaired) electrons. The predicted molar refractivity (Wildman–Crippen MR) is 72.1 cm³/mol. The molecule has 0 bridgehead atoms. The van der Waals surface area contributed by atoms with Crippen molar-refractivity contribution in [2.75, 3.05) is 11.4 Å². The van der Waals surface area contributed by atoms with Crippen LogP contribution in [0.3, 0.4) is 0 Å². The lowest BCUT2D eigenvalue weighted by Crippen LogP contribution is -2.35. The Morgan fingerprint density at radius 3 is 2.83 bits per heavy atom. The molecule has 0 fully saturated rings. The van der Waals surface area contributed by atoms with E-state index in [9.17, 15) is 4.79 Å². The number of benzene rings is 1. The van der Waals surface area contributed by atoms with Gasteiger partial charge in [-0.2, -0.15) is 0 Å². The first-order chi connectivity index (χ1) is 8.74. The number of anilines is 1. The maximum absolute atomic E-state index is 12.3. The van der Waals surface area contributed by atoms with E-state index in [1.807, 2.05) is 25.1 Å². The molecule has 2 rings (SSSR count). The van der Waals surface area contributed by atoms with Crippen molar-refractivity contribution in [3.63, 3.8) is 0 Å². The highest BCUT2D eigenvalue weighted by Gasteiger charge is 2.18. The summed E-state index contributed by atoms with van der Waals surface area (Å²) in [7, 11) is 0. The molecule has 1 aromatic heterocycles. The number of para-hydroxylation sites is 1. The number of aromatic nitrogens is 2. The molecule has 2 aromatic rings. The molecular formula is C13H14ClN3O. The minimum atomic E-state index is -0.151. The van der Waals surface area contributed by atoms with Crippen molar-refractivity contribution in [3.05, 3.63) is 48.0 Å². The van der Waals surface area contributed by atoms with Gasteiger partial charge in [0.15, 0.2) is 0 Å². The Labute approximate surface area is 111 Å². The van der Waals surface area contributed by atoms with Crippen molar-refractivity contribution in [1.82, 2.24) is 9.55 Å². The van der Waals surface area contributed by atoms with Crippen molar-refractivity contribution in [2.45, 2.75) is 13.3 Å². The molecule has 0 N–H and O–H groups in total. The van der Waals surface area contributed by atoms with E-state index >= 15 is 0 Å². The Hall–Kier alpha value is -1.81. The summed E-state index contributed by atoms with van der Waals surface area (Å²) < 4.78 is 1.44. The van der Waals surface area contributed by atoms with Crippen molar-refractivity contribution in [1.29, 1.82) is 0 Å². The van der Waals surface area contributed by atoms with E-state index in [4.69, 9.17) is 11.6 Å². The van der Waals surface area contributed by atoms with Crippen molar-refractivity contribution >= 4 is 23.3 Å². The molecular weight excluding hydrogens is 250 g/mol. The third-order valence-electron chi connectivity index (χ3n) is 2.55. The summed E-state index contributed by atoms with van der Waals surface area (Å²) in [6.45, 7) is 2.63. The lowest BCUT2D eigenvalue weighted by Gasteiger charge is -2.23. The van der Waals surface area contributed by atoms with E-state index in [0.717, 1.165) is 12.1 Å². The van der Waals surface area contributed by atoms with Gasteiger partial charge in [-0.15, -0.1) is 0 Å². The first-order valence-corrected chi connectivity index (χ1v) is 6.16. The molecule has 0 spiro atoms. The zero-order valence-corrected chi connectivity index (χ0v) is 10.8. The molecule has 5 heteroatoms. The SMILES string of the molecule is CCCN(C(=O)n1ccnc1)c1ccccc1Cl. The first kappa shape index (κ1) is 12.6. The summed E-state index contributed by atoms with van der Waals surface area (Å²) in [6.07, 6.45) is 5.55. The second-order valence-corrected chi connectivity index (χ2v) is 4.26. The van der Waals surface area contributed by atoms with Gasteiger partial charge in [0.1, 0.15) is 6.33 Å². The van der Waals surface area contributed by atoms with Crippen LogP contribution >= 0.6 is 11.6 Å². The van der Waals surface area contributed by atoms with Crippen LogP contribution in [0.1, 0.15) is 13.3 Å². The summed E-state index contributed by atoms with van der Waals surface area (Å²) >= 11 is 6.14. The minimum Gasteiger partial charge on any atom is -0.292 e. The van der Waals surface area contributed by atoms with Gasteiger partial charge >= 0.3 is 6.03 Å². The fourth-order valence-corrected chi connectivity index (χ4v) is 1.96. The molecule has 0 atom stereocenters. The van der Waals surface area contributed by atoms with Crippen LogP contribution in [0.4, 0.5) is 10.5 Å². The highest BCUT2D eigenvalue weighted by Crippen LogP contribution is 2.26. The molecule has 0 aliphatic rings. The quantitative estimate of drug-likeness (QED) is 0.851. The average Bonchev–Trinajstić information content (AvgIpc) is 2.90. The van der Waals surface area contributed by atoms with Crippen LogP contribution in [0.15, 0.2) is 43.0 Å². The van der Waals surface area contributed by atoms with Crippen molar-refractivity contribution in [2.24, 2.45) is 0 Å². The highest BCUT2D eigenvalue weighted by atomic mass is 35.5. The summed E-state index contributed by atoms with van der Waals surface area (Å²) in [6, 6.07) is 7.18. The summed E-state index contributed by atoms with van der Waals surface area (Å²) in [5.74, 6) is 0. The minimum absolute atomic E-state index is 0.151. The number of imidazole rings is 1. The molecule has 1 amide bonds. The zero-order valence-electron chi connectivity index (χ0n) is 10.1. The van der Waals surface area contributed by atoms with E-state index in [2.05, 4.69) is 4.98 Å². The molecule has 0 aliphatic carbocycles. The summed E-state index contributed by atoms with van der Waals surface area (Å²) in [5, 5.41) is 0.569. The monoisotopic (exact) mass is 263 g/mol. The Morgan fingerprint density at radius 2 is 2.22 bits per heavy atom. The number of hydrogen-bond donors (Lipinski definition) is 0. The van der Waals surface area contributed by atoms with E-state index in [0.29, 0.717) is 11.6 Å². The predicted octanol–water partition coefficient (Wildman–Crippen LogP) is 3.42. The van der Waals surface area contributed by atoms with Gasteiger partial charge in [0, 0.05) is 18.9 Å². The van der Waals surface area contributed by atoms with E-state index in [1.54, 1.807) is 23.4 Å². The van der Waals surface area contributed by atoms with Gasteiger partial charge in [0.2, 0.25) is 0 Å².